The van der Waals surface area contributed by atoms with E-state index < -0.39 is 0 Å². The average molecular weight is 446 g/mol. The molecule has 1 aliphatic rings. The number of rotatable bonds is 6. The fourth-order valence-corrected chi connectivity index (χ4v) is 4.36. The lowest BCUT2D eigenvalue weighted by Gasteiger charge is -2.25. The SMILES string of the molecule is CCCCN1C(=S)N[C@@H](c2ccccn2)[C@@H]1c1ccc(-c2cccc(Cl)c2Cl)o1. The molecule has 3 aromatic rings. The fraction of sp³-hybridized carbons (Fsp3) is 0.273. The average Bonchev–Trinajstić information content (AvgIpc) is 3.33. The van der Waals surface area contributed by atoms with Gasteiger partial charge in [0.15, 0.2) is 5.11 Å². The summed E-state index contributed by atoms with van der Waals surface area (Å²) in [7, 11) is 0. The molecule has 1 aromatic carbocycles. The van der Waals surface area contributed by atoms with Crippen LogP contribution in [0.3, 0.4) is 0 Å². The molecule has 2 aromatic heterocycles. The van der Waals surface area contributed by atoms with E-state index in [1.165, 1.54) is 0 Å². The van der Waals surface area contributed by atoms with E-state index in [1.54, 1.807) is 12.3 Å². The summed E-state index contributed by atoms with van der Waals surface area (Å²) in [6, 6.07) is 15.2. The molecule has 29 heavy (non-hydrogen) atoms. The van der Waals surface area contributed by atoms with Gasteiger partial charge in [-0.3, -0.25) is 4.98 Å². The van der Waals surface area contributed by atoms with Gasteiger partial charge in [-0.2, -0.15) is 0 Å². The van der Waals surface area contributed by atoms with Gasteiger partial charge in [0.05, 0.1) is 21.8 Å². The van der Waals surface area contributed by atoms with Gasteiger partial charge in [0.25, 0.3) is 0 Å². The first-order chi connectivity index (χ1) is 14.1. The molecule has 0 aliphatic carbocycles. The molecule has 0 bridgehead atoms. The summed E-state index contributed by atoms with van der Waals surface area (Å²) in [6.07, 6.45) is 3.92. The van der Waals surface area contributed by atoms with Crippen molar-refractivity contribution in [3.8, 4) is 11.3 Å². The van der Waals surface area contributed by atoms with Crippen molar-refractivity contribution in [2.75, 3.05) is 6.54 Å². The van der Waals surface area contributed by atoms with E-state index in [4.69, 9.17) is 39.8 Å². The number of benzene rings is 1. The zero-order valence-electron chi connectivity index (χ0n) is 15.9. The number of nitrogens with zero attached hydrogens (tertiary/aromatic N) is 2. The number of furan rings is 1. The third-order valence-corrected chi connectivity index (χ3v) is 6.26. The van der Waals surface area contributed by atoms with Crippen LogP contribution >= 0.6 is 35.4 Å². The number of nitrogens with one attached hydrogen (secondary N) is 1. The van der Waals surface area contributed by atoms with Gasteiger partial charge in [0.2, 0.25) is 0 Å². The second-order valence-corrected chi connectivity index (χ2v) is 8.15. The third kappa shape index (κ3) is 4.00. The molecule has 0 spiro atoms. The highest BCUT2D eigenvalue weighted by atomic mass is 35.5. The summed E-state index contributed by atoms with van der Waals surface area (Å²) in [5, 5.41) is 5.14. The normalized spacial score (nSPS) is 18.9. The van der Waals surface area contributed by atoms with Crippen molar-refractivity contribution < 1.29 is 4.42 Å². The molecule has 0 amide bonds. The molecular formula is C22H21Cl2N3OS. The van der Waals surface area contributed by atoms with Gasteiger partial charge in [-0.05, 0) is 55.0 Å². The van der Waals surface area contributed by atoms with Crippen LogP contribution in [-0.2, 0) is 0 Å². The van der Waals surface area contributed by atoms with Crippen LogP contribution in [0, 0.1) is 0 Å². The highest BCUT2D eigenvalue weighted by Crippen LogP contribution is 2.42. The van der Waals surface area contributed by atoms with Crippen molar-refractivity contribution >= 4 is 40.5 Å². The van der Waals surface area contributed by atoms with Crippen LogP contribution in [0.5, 0.6) is 0 Å². The molecule has 4 nitrogen and oxygen atoms in total. The number of halogens is 2. The Bertz CT molecular complexity index is 1010. The van der Waals surface area contributed by atoms with Gasteiger partial charge in [0.1, 0.15) is 17.6 Å². The first kappa shape index (κ1) is 20.2. The summed E-state index contributed by atoms with van der Waals surface area (Å²) < 4.78 is 6.29. The van der Waals surface area contributed by atoms with Crippen LogP contribution in [0.4, 0.5) is 0 Å². The zero-order chi connectivity index (χ0) is 20.4. The Kier molecular flexibility index (Phi) is 6.09. The van der Waals surface area contributed by atoms with Gasteiger partial charge < -0.3 is 14.6 Å². The monoisotopic (exact) mass is 445 g/mol. The van der Waals surface area contributed by atoms with Crippen molar-refractivity contribution in [3.05, 3.63) is 76.2 Å². The fourth-order valence-electron chi connectivity index (χ4n) is 3.63. The predicted octanol–water partition coefficient (Wildman–Crippen LogP) is 6.42. The second kappa shape index (κ2) is 8.74. The van der Waals surface area contributed by atoms with Gasteiger partial charge in [-0.1, -0.05) is 48.7 Å². The third-order valence-electron chi connectivity index (χ3n) is 5.09. The molecule has 3 heterocycles. The minimum Gasteiger partial charge on any atom is -0.459 e. The Balaban J connectivity index is 1.73. The highest BCUT2D eigenvalue weighted by molar-refractivity contribution is 7.80. The maximum atomic E-state index is 6.40. The van der Waals surface area contributed by atoms with Gasteiger partial charge in [0, 0.05) is 18.3 Å². The van der Waals surface area contributed by atoms with Crippen molar-refractivity contribution in [1.29, 1.82) is 0 Å². The summed E-state index contributed by atoms with van der Waals surface area (Å²) >= 11 is 18.2. The van der Waals surface area contributed by atoms with Crippen molar-refractivity contribution in [2.45, 2.75) is 31.8 Å². The van der Waals surface area contributed by atoms with Crippen LogP contribution in [0.25, 0.3) is 11.3 Å². The lowest BCUT2D eigenvalue weighted by Crippen LogP contribution is -2.30. The van der Waals surface area contributed by atoms with Crippen LogP contribution in [0.15, 0.2) is 59.1 Å². The Hall–Kier alpha value is -2.08. The first-order valence-corrected chi connectivity index (χ1v) is 10.8. The molecule has 1 fully saturated rings. The standard InChI is InChI=1S/C22H21Cl2N3OS/c1-2-3-13-27-21(20(26-22(27)29)16-9-4-5-12-25-16)18-11-10-17(28-18)14-7-6-8-15(23)19(14)24/h4-12,20-21H,2-3,13H2,1H3,(H,26,29)/t20-,21-/m0/s1. The number of unbranched alkanes of at least 4 members (excludes halogenated alkanes) is 1. The number of thiocarbonyl (C=S) groups is 1. The number of aromatic nitrogens is 1. The van der Waals surface area contributed by atoms with Gasteiger partial charge >= 0.3 is 0 Å². The number of pyridine rings is 1. The molecule has 7 heteroatoms. The van der Waals surface area contributed by atoms with Crippen molar-refractivity contribution in [1.82, 2.24) is 15.2 Å². The lowest BCUT2D eigenvalue weighted by atomic mass is 10.0. The van der Waals surface area contributed by atoms with Crippen LogP contribution in [0.1, 0.15) is 43.3 Å². The Morgan fingerprint density at radius 1 is 1.14 bits per heavy atom. The quantitative estimate of drug-likeness (QED) is 0.443. The summed E-state index contributed by atoms with van der Waals surface area (Å²) in [5.74, 6) is 1.50. The minimum atomic E-state index is -0.0885. The molecule has 4 rings (SSSR count). The molecular weight excluding hydrogens is 425 g/mol. The predicted molar refractivity (Wildman–Crippen MR) is 121 cm³/mol. The van der Waals surface area contributed by atoms with Crippen LogP contribution in [-0.4, -0.2) is 21.5 Å². The van der Waals surface area contributed by atoms with E-state index in [9.17, 15) is 0 Å². The van der Waals surface area contributed by atoms with Crippen LogP contribution in [0.2, 0.25) is 10.0 Å². The molecule has 0 saturated carbocycles. The van der Waals surface area contributed by atoms with E-state index in [0.29, 0.717) is 15.8 Å². The van der Waals surface area contributed by atoms with Crippen molar-refractivity contribution in [2.24, 2.45) is 0 Å². The second-order valence-electron chi connectivity index (χ2n) is 6.98. The summed E-state index contributed by atoms with van der Waals surface area (Å²) in [6.45, 7) is 3.02. The lowest BCUT2D eigenvalue weighted by molar-refractivity contribution is 0.271. The molecule has 1 N–H and O–H groups in total. The van der Waals surface area contributed by atoms with E-state index in [-0.39, 0.29) is 12.1 Å². The maximum absolute atomic E-state index is 6.40. The Morgan fingerprint density at radius 2 is 2.00 bits per heavy atom. The van der Waals surface area contributed by atoms with E-state index in [2.05, 4.69) is 22.1 Å². The largest absolute Gasteiger partial charge is 0.459 e. The Morgan fingerprint density at radius 3 is 2.76 bits per heavy atom. The summed E-state index contributed by atoms with van der Waals surface area (Å²) in [4.78, 5) is 6.74. The molecule has 2 atom stereocenters. The van der Waals surface area contributed by atoms with Gasteiger partial charge in [-0.15, -0.1) is 0 Å². The summed E-state index contributed by atoms with van der Waals surface area (Å²) in [5.41, 5.74) is 1.70. The first-order valence-electron chi connectivity index (χ1n) is 9.62. The Labute approximate surface area is 185 Å². The van der Waals surface area contributed by atoms with E-state index in [1.807, 2.05) is 42.5 Å². The van der Waals surface area contributed by atoms with E-state index in [0.717, 1.165) is 41.5 Å². The maximum Gasteiger partial charge on any atom is 0.170 e. The molecule has 150 valence electrons. The number of hydrogen-bond donors (Lipinski definition) is 1. The highest BCUT2D eigenvalue weighted by Gasteiger charge is 2.41. The topological polar surface area (TPSA) is 41.3 Å². The molecule has 0 unspecified atom stereocenters. The van der Waals surface area contributed by atoms with Crippen LogP contribution < -0.4 is 5.32 Å². The smallest absolute Gasteiger partial charge is 0.170 e. The zero-order valence-corrected chi connectivity index (χ0v) is 18.3. The molecule has 1 aliphatic heterocycles. The molecule has 1 saturated heterocycles. The molecule has 0 radical (unpaired) electrons. The van der Waals surface area contributed by atoms with Gasteiger partial charge in [-0.25, -0.2) is 0 Å². The number of hydrogen-bond acceptors (Lipinski definition) is 3. The minimum absolute atomic E-state index is 0.0874. The van der Waals surface area contributed by atoms with E-state index >= 15 is 0 Å². The van der Waals surface area contributed by atoms with Crippen molar-refractivity contribution in [3.63, 3.8) is 0 Å².